The van der Waals surface area contributed by atoms with E-state index in [-0.39, 0.29) is 0 Å². The molecule has 0 amide bonds. The standard InChI is InChI=1S/C21H23N7/c1-16(17-10-4-2-5-11-17)26-27-20-23-19(22-18-12-6-3-7-13-18)24-21(25-20)28-14-8-9-15-28/h2-7,10-13H,8-9,14-15H2,1H3,(H2,22,23,24,25,27)/b26-16+. The van der Waals surface area contributed by atoms with Crippen LogP contribution in [0.1, 0.15) is 25.3 Å². The maximum Gasteiger partial charge on any atom is 0.250 e. The lowest BCUT2D eigenvalue weighted by molar-refractivity contribution is 0.882. The predicted octanol–water partition coefficient (Wildman–Crippen LogP) is 4.05. The van der Waals surface area contributed by atoms with Crippen molar-refractivity contribution in [2.45, 2.75) is 19.8 Å². The highest BCUT2D eigenvalue weighted by Gasteiger charge is 2.17. The van der Waals surface area contributed by atoms with Crippen LogP contribution in [0.15, 0.2) is 65.8 Å². The van der Waals surface area contributed by atoms with E-state index in [1.165, 1.54) is 0 Å². The average molecular weight is 373 g/mol. The van der Waals surface area contributed by atoms with E-state index in [2.05, 4.69) is 35.7 Å². The Bertz CT molecular complexity index is 935. The van der Waals surface area contributed by atoms with Crippen molar-refractivity contribution in [3.63, 3.8) is 0 Å². The quantitative estimate of drug-likeness (QED) is 0.501. The first kappa shape index (κ1) is 17.9. The summed E-state index contributed by atoms with van der Waals surface area (Å²) in [6, 6.07) is 19.9. The van der Waals surface area contributed by atoms with Gasteiger partial charge in [0.25, 0.3) is 0 Å². The number of hydrogen-bond donors (Lipinski definition) is 2. The molecule has 7 nitrogen and oxygen atoms in total. The molecule has 2 aromatic carbocycles. The topological polar surface area (TPSA) is 78.3 Å². The van der Waals surface area contributed by atoms with Crippen LogP contribution in [0.3, 0.4) is 0 Å². The van der Waals surface area contributed by atoms with Gasteiger partial charge in [-0.15, -0.1) is 0 Å². The van der Waals surface area contributed by atoms with E-state index >= 15 is 0 Å². The smallest absolute Gasteiger partial charge is 0.250 e. The minimum absolute atomic E-state index is 0.422. The molecule has 0 atom stereocenters. The van der Waals surface area contributed by atoms with Crippen LogP contribution in [0, 0.1) is 0 Å². The van der Waals surface area contributed by atoms with Crippen LogP contribution in [0.2, 0.25) is 0 Å². The number of benzene rings is 2. The first-order valence-corrected chi connectivity index (χ1v) is 9.47. The largest absolute Gasteiger partial charge is 0.341 e. The van der Waals surface area contributed by atoms with Crippen molar-refractivity contribution in [1.82, 2.24) is 15.0 Å². The Balaban J connectivity index is 1.60. The van der Waals surface area contributed by atoms with Crippen LogP contribution in [-0.2, 0) is 0 Å². The molecule has 142 valence electrons. The molecular formula is C21H23N7. The maximum absolute atomic E-state index is 4.60. The zero-order chi connectivity index (χ0) is 19.2. The summed E-state index contributed by atoms with van der Waals surface area (Å²) < 4.78 is 0. The van der Waals surface area contributed by atoms with Gasteiger partial charge in [0.15, 0.2) is 0 Å². The number of nitrogens with one attached hydrogen (secondary N) is 2. The summed E-state index contributed by atoms with van der Waals surface area (Å²) in [7, 11) is 0. The van der Waals surface area contributed by atoms with Crippen molar-refractivity contribution in [3.8, 4) is 0 Å². The van der Waals surface area contributed by atoms with Gasteiger partial charge in [-0.3, -0.25) is 0 Å². The van der Waals surface area contributed by atoms with Crippen LogP contribution in [0.5, 0.6) is 0 Å². The fourth-order valence-corrected chi connectivity index (χ4v) is 3.06. The predicted molar refractivity (Wildman–Crippen MR) is 113 cm³/mol. The summed E-state index contributed by atoms with van der Waals surface area (Å²) >= 11 is 0. The molecular weight excluding hydrogens is 350 g/mol. The summed E-state index contributed by atoms with van der Waals surface area (Å²) in [4.78, 5) is 15.8. The number of nitrogens with zero attached hydrogens (tertiary/aromatic N) is 5. The van der Waals surface area contributed by atoms with E-state index in [0.717, 1.165) is 42.9 Å². The molecule has 1 aromatic heterocycles. The number of anilines is 4. The van der Waals surface area contributed by atoms with Gasteiger partial charge in [-0.05, 0) is 37.5 Å². The molecule has 28 heavy (non-hydrogen) atoms. The first-order chi connectivity index (χ1) is 13.8. The molecule has 0 radical (unpaired) electrons. The fraction of sp³-hybridized carbons (Fsp3) is 0.238. The summed E-state index contributed by atoms with van der Waals surface area (Å²) in [5.41, 5.74) is 5.83. The van der Waals surface area contributed by atoms with Crippen molar-refractivity contribution in [2.24, 2.45) is 5.10 Å². The number of aromatic nitrogens is 3. The van der Waals surface area contributed by atoms with Crippen molar-refractivity contribution < 1.29 is 0 Å². The van der Waals surface area contributed by atoms with Gasteiger partial charge in [-0.1, -0.05) is 48.5 Å². The maximum atomic E-state index is 4.60. The molecule has 4 rings (SSSR count). The molecule has 1 aliphatic heterocycles. The monoisotopic (exact) mass is 373 g/mol. The highest BCUT2D eigenvalue weighted by molar-refractivity contribution is 5.98. The molecule has 3 aromatic rings. The third-order valence-corrected chi connectivity index (χ3v) is 4.56. The van der Waals surface area contributed by atoms with Gasteiger partial charge < -0.3 is 10.2 Å². The zero-order valence-corrected chi connectivity index (χ0v) is 15.8. The number of rotatable bonds is 6. The second-order valence-corrected chi connectivity index (χ2v) is 6.64. The van der Waals surface area contributed by atoms with Crippen LogP contribution in [0.25, 0.3) is 0 Å². The Morgan fingerprint density at radius 1 is 0.857 bits per heavy atom. The third kappa shape index (κ3) is 4.43. The van der Waals surface area contributed by atoms with Crippen LogP contribution in [-0.4, -0.2) is 33.8 Å². The third-order valence-electron chi connectivity index (χ3n) is 4.56. The van der Waals surface area contributed by atoms with Gasteiger partial charge in [0.2, 0.25) is 17.8 Å². The van der Waals surface area contributed by atoms with Gasteiger partial charge in [-0.2, -0.15) is 20.1 Å². The van der Waals surface area contributed by atoms with E-state index in [1.807, 2.05) is 67.6 Å². The lowest BCUT2D eigenvalue weighted by Gasteiger charge is -2.16. The van der Waals surface area contributed by atoms with Gasteiger partial charge in [0.1, 0.15) is 0 Å². The number of hydrogen-bond acceptors (Lipinski definition) is 7. The van der Waals surface area contributed by atoms with Crippen molar-refractivity contribution in [1.29, 1.82) is 0 Å². The van der Waals surface area contributed by atoms with Crippen molar-refractivity contribution >= 4 is 29.2 Å². The highest BCUT2D eigenvalue weighted by atomic mass is 15.4. The normalized spacial score (nSPS) is 14.2. The Morgan fingerprint density at radius 3 is 2.21 bits per heavy atom. The molecule has 7 heteroatoms. The molecule has 1 aliphatic rings. The van der Waals surface area contributed by atoms with Gasteiger partial charge in [0.05, 0.1) is 5.71 Å². The van der Waals surface area contributed by atoms with Crippen LogP contribution in [0.4, 0.5) is 23.5 Å². The lowest BCUT2D eigenvalue weighted by Crippen LogP contribution is -2.22. The summed E-state index contributed by atoms with van der Waals surface area (Å²) in [5.74, 6) is 1.59. The molecule has 1 saturated heterocycles. The molecule has 2 heterocycles. The first-order valence-electron chi connectivity index (χ1n) is 9.47. The van der Waals surface area contributed by atoms with Gasteiger partial charge in [0, 0.05) is 18.8 Å². The van der Waals surface area contributed by atoms with Crippen molar-refractivity contribution in [2.75, 3.05) is 28.7 Å². The highest BCUT2D eigenvalue weighted by Crippen LogP contribution is 2.20. The summed E-state index contributed by atoms with van der Waals surface area (Å²) in [5, 5.41) is 7.70. The second kappa shape index (κ2) is 8.47. The Morgan fingerprint density at radius 2 is 1.50 bits per heavy atom. The molecule has 0 aliphatic carbocycles. The van der Waals surface area contributed by atoms with Crippen LogP contribution < -0.4 is 15.6 Å². The Hall–Kier alpha value is -3.48. The molecule has 0 spiro atoms. The van der Waals surface area contributed by atoms with E-state index in [9.17, 15) is 0 Å². The molecule has 0 saturated carbocycles. The SMILES string of the molecule is C/C(=N\Nc1nc(Nc2ccccc2)nc(N2CCCC2)n1)c1ccccc1. The zero-order valence-electron chi connectivity index (χ0n) is 15.8. The van der Waals surface area contributed by atoms with Gasteiger partial charge >= 0.3 is 0 Å². The molecule has 0 bridgehead atoms. The Labute approximate surface area is 164 Å². The lowest BCUT2D eigenvalue weighted by atomic mass is 10.1. The number of para-hydroxylation sites is 1. The Kier molecular flexibility index (Phi) is 5.42. The summed E-state index contributed by atoms with van der Waals surface area (Å²) in [6.45, 7) is 3.87. The molecule has 0 unspecified atom stereocenters. The van der Waals surface area contributed by atoms with Crippen LogP contribution >= 0.6 is 0 Å². The van der Waals surface area contributed by atoms with E-state index in [4.69, 9.17) is 0 Å². The van der Waals surface area contributed by atoms with Gasteiger partial charge in [-0.25, -0.2) is 5.43 Å². The minimum atomic E-state index is 0.422. The summed E-state index contributed by atoms with van der Waals surface area (Å²) in [6.07, 6.45) is 2.31. The minimum Gasteiger partial charge on any atom is -0.341 e. The van der Waals surface area contributed by atoms with E-state index in [1.54, 1.807) is 0 Å². The van der Waals surface area contributed by atoms with Crippen molar-refractivity contribution in [3.05, 3.63) is 66.2 Å². The molecule has 1 fully saturated rings. The second-order valence-electron chi connectivity index (χ2n) is 6.64. The van der Waals surface area contributed by atoms with E-state index < -0.39 is 0 Å². The average Bonchev–Trinajstić information content (AvgIpc) is 3.28. The number of hydrazone groups is 1. The molecule has 2 N–H and O–H groups in total. The fourth-order valence-electron chi connectivity index (χ4n) is 3.06. The van der Waals surface area contributed by atoms with E-state index in [0.29, 0.717) is 17.8 Å².